The lowest BCUT2D eigenvalue weighted by Crippen LogP contribution is -2.46. The highest BCUT2D eigenvalue weighted by Crippen LogP contribution is 2.32. The van der Waals surface area contributed by atoms with Crippen molar-refractivity contribution in [2.45, 2.75) is 13.1 Å². The number of hydrogen-bond acceptors (Lipinski definition) is 7. The number of benzene rings is 2. The molecule has 1 fully saturated rings. The van der Waals surface area contributed by atoms with Gasteiger partial charge in [0.2, 0.25) is 5.91 Å². The number of anilines is 3. The fourth-order valence-corrected chi connectivity index (χ4v) is 4.70. The fraction of sp³-hybridized carbons (Fsp3) is 0.346. The molecule has 2 aliphatic rings. The Labute approximate surface area is 200 Å². The van der Waals surface area contributed by atoms with Crippen molar-refractivity contribution in [1.29, 1.82) is 0 Å². The van der Waals surface area contributed by atoms with Crippen molar-refractivity contribution in [2.75, 3.05) is 61.6 Å². The molecular formula is C26H30N6O2. The van der Waals surface area contributed by atoms with E-state index in [1.54, 1.807) is 13.4 Å². The number of aromatic nitrogens is 2. The van der Waals surface area contributed by atoms with Gasteiger partial charge in [-0.05, 0) is 29.8 Å². The van der Waals surface area contributed by atoms with Crippen LogP contribution in [0, 0.1) is 0 Å². The van der Waals surface area contributed by atoms with Crippen molar-refractivity contribution in [1.82, 2.24) is 14.9 Å². The Bertz CT molecular complexity index is 1130. The summed E-state index contributed by atoms with van der Waals surface area (Å²) in [5.41, 5.74) is 3.17. The molecule has 0 bridgehead atoms. The van der Waals surface area contributed by atoms with Crippen LogP contribution in [0.4, 0.5) is 17.3 Å². The summed E-state index contributed by atoms with van der Waals surface area (Å²) in [6.07, 6.45) is 1.62. The lowest BCUT2D eigenvalue weighted by atomic mass is 10.1. The van der Waals surface area contributed by atoms with Crippen LogP contribution in [0.15, 0.2) is 60.9 Å². The number of likely N-dealkylation sites (N-methyl/N-ethyl adjacent to an activating group) is 1. The molecule has 1 saturated heterocycles. The number of fused-ring (bicyclic) bond motifs is 1. The Morgan fingerprint density at radius 1 is 0.882 bits per heavy atom. The lowest BCUT2D eigenvalue weighted by Gasteiger charge is -2.36. The van der Waals surface area contributed by atoms with Crippen molar-refractivity contribution < 1.29 is 9.53 Å². The van der Waals surface area contributed by atoms with E-state index in [0.717, 1.165) is 61.4 Å². The molecule has 0 N–H and O–H groups in total. The first kappa shape index (κ1) is 22.2. The predicted octanol–water partition coefficient (Wildman–Crippen LogP) is 2.79. The summed E-state index contributed by atoms with van der Waals surface area (Å²) in [5, 5.41) is 0. The van der Waals surface area contributed by atoms with Gasteiger partial charge in [-0.2, -0.15) is 0 Å². The molecule has 176 valence electrons. The number of carbonyl (C=O) groups is 1. The molecule has 1 aromatic heterocycles. The first-order valence-electron chi connectivity index (χ1n) is 11.6. The molecule has 0 aliphatic carbocycles. The highest BCUT2D eigenvalue weighted by Gasteiger charge is 2.30. The highest BCUT2D eigenvalue weighted by atomic mass is 16.5. The average molecular weight is 459 g/mol. The van der Waals surface area contributed by atoms with E-state index in [9.17, 15) is 4.79 Å². The van der Waals surface area contributed by atoms with Gasteiger partial charge in [-0.25, -0.2) is 9.97 Å². The molecule has 3 aromatic rings. The smallest absolute Gasteiger partial charge is 0.246 e. The number of methoxy groups -OCH3 is 1. The minimum atomic E-state index is 0.0318. The summed E-state index contributed by atoms with van der Waals surface area (Å²) in [7, 11) is 3.56. The van der Waals surface area contributed by atoms with Crippen LogP contribution in [0.25, 0.3) is 0 Å². The maximum absolute atomic E-state index is 13.1. The summed E-state index contributed by atoms with van der Waals surface area (Å²) in [6.45, 7) is 5.35. The summed E-state index contributed by atoms with van der Waals surface area (Å²) < 4.78 is 5.28. The number of piperazine rings is 1. The summed E-state index contributed by atoms with van der Waals surface area (Å²) >= 11 is 0. The third-order valence-corrected chi connectivity index (χ3v) is 6.56. The molecule has 0 saturated carbocycles. The zero-order chi connectivity index (χ0) is 23.5. The largest absolute Gasteiger partial charge is 0.497 e. The Kier molecular flexibility index (Phi) is 6.31. The van der Waals surface area contributed by atoms with Crippen molar-refractivity contribution in [2.24, 2.45) is 0 Å². The Hall–Kier alpha value is -3.65. The van der Waals surface area contributed by atoms with Crippen molar-refractivity contribution >= 4 is 23.2 Å². The molecule has 34 heavy (non-hydrogen) atoms. The van der Waals surface area contributed by atoms with Gasteiger partial charge in [-0.15, -0.1) is 0 Å². The van der Waals surface area contributed by atoms with Crippen LogP contribution in [0.1, 0.15) is 11.1 Å². The Morgan fingerprint density at radius 2 is 1.59 bits per heavy atom. The molecule has 1 amide bonds. The number of nitrogens with zero attached hydrogens (tertiary/aromatic N) is 6. The normalized spacial score (nSPS) is 16.9. The first-order chi connectivity index (χ1) is 16.6. The third kappa shape index (κ3) is 4.54. The summed E-state index contributed by atoms with van der Waals surface area (Å²) in [6, 6.07) is 18.2. The van der Waals surface area contributed by atoms with Gasteiger partial charge in [-0.1, -0.05) is 30.3 Å². The van der Waals surface area contributed by atoms with Gasteiger partial charge in [0.15, 0.2) is 0 Å². The first-order valence-corrected chi connectivity index (χ1v) is 11.6. The van der Waals surface area contributed by atoms with Crippen molar-refractivity contribution in [3.63, 3.8) is 0 Å². The van der Waals surface area contributed by atoms with E-state index in [1.807, 2.05) is 41.1 Å². The topological polar surface area (TPSA) is 65.0 Å². The molecule has 8 heteroatoms. The Morgan fingerprint density at radius 3 is 2.29 bits per heavy atom. The van der Waals surface area contributed by atoms with Gasteiger partial charge in [0.25, 0.3) is 0 Å². The van der Waals surface area contributed by atoms with Gasteiger partial charge in [-0.3, -0.25) is 9.69 Å². The van der Waals surface area contributed by atoms with E-state index in [4.69, 9.17) is 9.72 Å². The van der Waals surface area contributed by atoms with Gasteiger partial charge >= 0.3 is 0 Å². The summed E-state index contributed by atoms with van der Waals surface area (Å²) in [5.74, 6) is 2.54. The minimum Gasteiger partial charge on any atom is -0.497 e. The van der Waals surface area contributed by atoms with E-state index in [2.05, 4.69) is 45.1 Å². The number of amides is 1. The predicted molar refractivity (Wildman–Crippen MR) is 133 cm³/mol. The molecule has 0 spiro atoms. The van der Waals surface area contributed by atoms with E-state index < -0.39 is 0 Å². The van der Waals surface area contributed by atoms with Gasteiger partial charge < -0.3 is 19.4 Å². The van der Waals surface area contributed by atoms with Crippen LogP contribution < -0.4 is 19.4 Å². The molecule has 5 rings (SSSR count). The Balaban J connectivity index is 1.37. The SMILES string of the molecule is COc1ccc(N2Cc3c(ncnc3N3CCN(Cc4ccccc4)CC3)N(C)CC2=O)cc1. The van der Waals surface area contributed by atoms with E-state index in [-0.39, 0.29) is 12.5 Å². The van der Waals surface area contributed by atoms with Crippen LogP contribution in [-0.4, -0.2) is 67.7 Å². The quantitative estimate of drug-likeness (QED) is 0.583. The molecule has 0 unspecified atom stereocenters. The zero-order valence-electron chi connectivity index (χ0n) is 19.7. The fourth-order valence-electron chi connectivity index (χ4n) is 4.70. The van der Waals surface area contributed by atoms with Crippen LogP contribution in [0.5, 0.6) is 5.75 Å². The van der Waals surface area contributed by atoms with E-state index >= 15 is 0 Å². The van der Waals surface area contributed by atoms with Crippen LogP contribution in [-0.2, 0) is 17.9 Å². The van der Waals surface area contributed by atoms with Crippen LogP contribution in [0.2, 0.25) is 0 Å². The molecule has 2 aliphatic heterocycles. The number of ether oxygens (including phenoxy) is 1. The lowest BCUT2D eigenvalue weighted by molar-refractivity contribution is -0.117. The maximum Gasteiger partial charge on any atom is 0.246 e. The van der Waals surface area contributed by atoms with Crippen molar-refractivity contribution in [3.8, 4) is 5.75 Å². The highest BCUT2D eigenvalue weighted by molar-refractivity contribution is 5.98. The average Bonchev–Trinajstić information content (AvgIpc) is 3.00. The van der Waals surface area contributed by atoms with Crippen LogP contribution in [0.3, 0.4) is 0 Å². The molecule has 8 nitrogen and oxygen atoms in total. The number of rotatable bonds is 5. The number of hydrogen-bond donors (Lipinski definition) is 0. The van der Waals surface area contributed by atoms with E-state index in [1.165, 1.54) is 5.56 Å². The standard InChI is InChI=1S/C26H30N6O2/c1-29-18-24(33)32(21-8-10-22(34-2)11-9-21)17-23-25(29)27-19-28-26(23)31-14-12-30(13-15-31)16-20-6-4-3-5-7-20/h3-11,19H,12-18H2,1-2H3. The zero-order valence-corrected chi connectivity index (χ0v) is 19.7. The third-order valence-electron chi connectivity index (χ3n) is 6.56. The minimum absolute atomic E-state index is 0.0318. The van der Waals surface area contributed by atoms with Gasteiger partial charge in [0.1, 0.15) is 23.7 Å². The molecular weight excluding hydrogens is 428 g/mol. The monoisotopic (exact) mass is 458 g/mol. The second-order valence-electron chi connectivity index (χ2n) is 8.78. The van der Waals surface area contributed by atoms with Gasteiger partial charge in [0, 0.05) is 45.5 Å². The van der Waals surface area contributed by atoms with Crippen LogP contribution >= 0.6 is 0 Å². The second-order valence-corrected chi connectivity index (χ2v) is 8.78. The second kappa shape index (κ2) is 9.69. The van der Waals surface area contributed by atoms with Gasteiger partial charge in [0.05, 0.1) is 25.8 Å². The molecule has 0 radical (unpaired) electrons. The molecule has 2 aromatic carbocycles. The summed E-state index contributed by atoms with van der Waals surface area (Å²) in [4.78, 5) is 30.9. The molecule has 3 heterocycles. The maximum atomic E-state index is 13.1. The number of carbonyl (C=O) groups excluding carboxylic acids is 1. The van der Waals surface area contributed by atoms with Crippen molar-refractivity contribution in [3.05, 3.63) is 72.1 Å². The van der Waals surface area contributed by atoms with E-state index in [0.29, 0.717) is 6.54 Å². The molecule has 0 atom stereocenters.